The van der Waals surface area contributed by atoms with Gasteiger partial charge in [-0.3, -0.25) is 4.90 Å². The molecule has 1 aliphatic rings. The molecule has 1 N–H and O–H groups in total. The molecule has 1 aliphatic heterocycles. The number of fused-ring (bicyclic) bond motifs is 1. The lowest BCUT2D eigenvalue weighted by atomic mass is 10.2. The number of hydrogen-bond donors (Lipinski definition) is 1. The molecule has 1 amide bonds. The lowest BCUT2D eigenvalue weighted by Gasteiger charge is -2.17. The molecule has 2 aromatic heterocycles. The fraction of sp³-hybridized carbons (Fsp3) is 0.150. The van der Waals surface area contributed by atoms with Gasteiger partial charge in [0, 0.05) is 16.3 Å². The van der Waals surface area contributed by atoms with Gasteiger partial charge in [0.05, 0.1) is 31.2 Å². The smallest absolute Gasteiger partial charge is 0.414 e. The molecule has 152 valence electrons. The van der Waals surface area contributed by atoms with Crippen LogP contribution in [0.25, 0.3) is 16.2 Å². The van der Waals surface area contributed by atoms with Gasteiger partial charge in [-0.05, 0) is 30.3 Å². The van der Waals surface area contributed by atoms with Crippen LogP contribution in [0.1, 0.15) is 0 Å². The second-order valence-corrected chi connectivity index (χ2v) is 7.94. The van der Waals surface area contributed by atoms with E-state index in [2.05, 4.69) is 15.4 Å². The lowest BCUT2D eigenvalue weighted by molar-refractivity contribution is 0.181. The maximum Gasteiger partial charge on any atom is 0.414 e. The number of rotatable bonds is 5. The summed E-state index contributed by atoms with van der Waals surface area (Å²) in [6.07, 6.45) is 1.49. The largest absolute Gasteiger partial charge is 0.495 e. The summed E-state index contributed by atoms with van der Waals surface area (Å²) in [7, 11) is 1.57. The van der Waals surface area contributed by atoms with Gasteiger partial charge in [0.15, 0.2) is 0 Å². The van der Waals surface area contributed by atoms with Gasteiger partial charge < -0.3 is 14.8 Å². The number of nitrogens with zero attached hydrogens (tertiary/aromatic N) is 4. The van der Waals surface area contributed by atoms with Crippen molar-refractivity contribution in [1.82, 2.24) is 14.6 Å². The first-order valence-electron chi connectivity index (χ1n) is 9.12. The first-order chi connectivity index (χ1) is 14.6. The molecule has 1 saturated heterocycles. The summed E-state index contributed by atoms with van der Waals surface area (Å²) in [4.78, 5) is 18.9. The van der Waals surface area contributed by atoms with Crippen molar-refractivity contribution in [3.05, 3.63) is 53.7 Å². The third-order valence-corrected chi connectivity index (χ3v) is 5.75. The van der Waals surface area contributed by atoms with Crippen molar-refractivity contribution in [3.63, 3.8) is 0 Å². The Labute approximate surface area is 180 Å². The molecule has 4 aromatic rings. The van der Waals surface area contributed by atoms with Crippen LogP contribution in [0, 0.1) is 0 Å². The summed E-state index contributed by atoms with van der Waals surface area (Å²) in [5.41, 5.74) is 3.23. The highest BCUT2D eigenvalue weighted by atomic mass is 35.5. The second kappa shape index (κ2) is 7.51. The molecule has 0 spiro atoms. The van der Waals surface area contributed by atoms with E-state index in [1.807, 2.05) is 42.6 Å². The number of methoxy groups -OCH3 is 1. The second-order valence-electron chi connectivity index (χ2n) is 6.55. The number of hydrogen-bond acceptors (Lipinski definition) is 7. The van der Waals surface area contributed by atoms with Crippen LogP contribution in [-0.2, 0) is 4.74 Å². The number of amides is 1. The molecule has 30 heavy (non-hydrogen) atoms. The van der Waals surface area contributed by atoms with E-state index in [0.29, 0.717) is 34.7 Å². The molecule has 0 unspecified atom stereocenters. The monoisotopic (exact) mass is 441 g/mol. The normalized spacial score (nSPS) is 13.7. The van der Waals surface area contributed by atoms with Crippen LogP contribution in [0.4, 0.5) is 21.3 Å². The number of carbonyl (C=O) groups excluding carboxylic acids is 1. The number of anilines is 3. The van der Waals surface area contributed by atoms with Crippen molar-refractivity contribution in [2.45, 2.75) is 0 Å². The Balaban J connectivity index is 1.41. The van der Waals surface area contributed by atoms with E-state index < -0.39 is 0 Å². The minimum absolute atomic E-state index is 0.360. The zero-order valence-electron chi connectivity index (χ0n) is 15.8. The summed E-state index contributed by atoms with van der Waals surface area (Å²) in [5, 5.41) is 9.19. The van der Waals surface area contributed by atoms with Crippen LogP contribution in [0.5, 0.6) is 5.75 Å². The maximum atomic E-state index is 12.0. The van der Waals surface area contributed by atoms with Gasteiger partial charge in [0.2, 0.25) is 10.1 Å². The van der Waals surface area contributed by atoms with Crippen molar-refractivity contribution in [3.8, 4) is 17.0 Å². The van der Waals surface area contributed by atoms with Gasteiger partial charge in [0.25, 0.3) is 0 Å². The van der Waals surface area contributed by atoms with Gasteiger partial charge in [-0.1, -0.05) is 35.1 Å². The maximum absolute atomic E-state index is 12.0. The molecule has 5 rings (SSSR count). The van der Waals surface area contributed by atoms with Crippen LogP contribution in [0.15, 0.2) is 48.7 Å². The highest BCUT2D eigenvalue weighted by molar-refractivity contribution is 7.20. The zero-order chi connectivity index (χ0) is 20.7. The van der Waals surface area contributed by atoms with Gasteiger partial charge in [0.1, 0.15) is 12.4 Å². The Bertz CT molecular complexity index is 1210. The van der Waals surface area contributed by atoms with E-state index in [9.17, 15) is 4.79 Å². The quantitative estimate of drug-likeness (QED) is 0.478. The number of ether oxygens (including phenoxy) is 2. The Hall–Kier alpha value is -3.30. The topological polar surface area (TPSA) is 81.0 Å². The lowest BCUT2D eigenvalue weighted by Crippen LogP contribution is -2.23. The van der Waals surface area contributed by atoms with E-state index in [0.717, 1.165) is 21.9 Å². The third-order valence-electron chi connectivity index (χ3n) is 4.66. The van der Waals surface area contributed by atoms with Crippen LogP contribution in [0.3, 0.4) is 0 Å². The molecule has 0 radical (unpaired) electrons. The summed E-state index contributed by atoms with van der Waals surface area (Å²) >= 11 is 7.38. The molecule has 1 fully saturated rings. The summed E-state index contributed by atoms with van der Waals surface area (Å²) in [6.45, 7) is 0.844. The van der Waals surface area contributed by atoms with E-state index >= 15 is 0 Å². The average Bonchev–Trinajstić information content (AvgIpc) is 3.43. The summed E-state index contributed by atoms with van der Waals surface area (Å²) in [6, 6.07) is 13.0. The molecular formula is C20H16ClN5O3S. The van der Waals surface area contributed by atoms with Gasteiger partial charge in [-0.25, -0.2) is 14.3 Å². The zero-order valence-corrected chi connectivity index (χ0v) is 17.4. The van der Waals surface area contributed by atoms with Crippen molar-refractivity contribution < 1.29 is 14.3 Å². The van der Waals surface area contributed by atoms with Crippen LogP contribution in [0.2, 0.25) is 5.02 Å². The van der Waals surface area contributed by atoms with E-state index in [1.165, 1.54) is 11.3 Å². The molecule has 3 heterocycles. The fourth-order valence-electron chi connectivity index (χ4n) is 3.22. The first kappa shape index (κ1) is 18.7. The van der Waals surface area contributed by atoms with E-state index in [4.69, 9.17) is 21.1 Å². The average molecular weight is 442 g/mol. The van der Waals surface area contributed by atoms with Crippen molar-refractivity contribution >= 4 is 50.5 Å². The number of cyclic esters (lactones) is 1. The Morgan fingerprint density at radius 2 is 2.07 bits per heavy atom. The minimum atomic E-state index is -0.382. The third kappa shape index (κ3) is 3.42. The van der Waals surface area contributed by atoms with Gasteiger partial charge in [-0.2, -0.15) is 0 Å². The Morgan fingerprint density at radius 1 is 1.23 bits per heavy atom. The number of imidazole rings is 1. The Morgan fingerprint density at radius 3 is 2.77 bits per heavy atom. The van der Waals surface area contributed by atoms with Gasteiger partial charge >= 0.3 is 6.09 Å². The van der Waals surface area contributed by atoms with E-state index in [-0.39, 0.29) is 6.09 Å². The van der Waals surface area contributed by atoms with Crippen LogP contribution >= 0.6 is 22.9 Å². The molecular weight excluding hydrogens is 426 g/mol. The van der Waals surface area contributed by atoms with E-state index in [1.54, 1.807) is 22.6 Å². The molecule has 0 aliphatic carbocycles. The van der Waals surface area contributed by atoms with Crippen molar-refractivity contribution in [1.29, 1.82) is 0 Å². The number of benzene rings is 2. The number of carbonyl (C=O) groups is 1. The number of aromatic nitrogens is 3. The summed E-state index contributed by atoms with van der Waals surface area (Å²) in [5.74, 6) is 0.598. The number of halogens is 1. The SMILES string of the molecule is COc1ccc(Nc2nn3cc(-c4ccc(Cl)cc4)nc3s2)cc1N1CCOC1=O. The number of nitrogens with one attached hydrogen (secondary N) is 1. The molecule has 0 saturated carbocycles. The summed E-state index contributed by atoms with van der Waals surface area (Å²) < 4.78 is 12.2. The highest BCUT2D eigenvalue weighted by Crippen LogP contribution is 2.35. The fourth-order valence-corrected chi connectivity index (χ4v) is 4.15. The van der Waals surface area contributed by atoms with Gasteiger partial charge in [-0.15, -0.1) is 5.10 Å². The molecule has 2 aromatic carbocycles. The van der Waals surface area contributed by atoms with Crippen molar-refractivity contribution in [2.24, 2.45) is 0 Å². The molecule has 8 nitrogen and oxygen atoms in total. The van der Waals surface area contributed by atoms with Crippen LogP contribution < -0.4 is 15.0 Å². The molecule has 0 bridgehead atoms. The van der Waals surface area contributed by atoms with Crippen LogP contribution in [-0.4, -0.2) is 41.0 Å². The first-order valence-corrected chi connectivity index (χ1v) is 10.3. The van der Waals surface area contributed by atoms with Crippen molar-refractivity contribution in [2.75, 3.05) is 30.5 Å². The predicted molar refractivity (Wildman–Crippen MR) is 116 cm³/mol. The molecule has 0 atom stereocenters. The minimum Gasteiger partial charge on any atom is -0.495 e. The Kier molecular flexibility index (Phi) is 4.68. The highest BCUT2D eigenvalue weighted by Gasteiger charge is 2.26. The standard InChI is InChI=1S/C20H16ClN5O3S/c1-28-17-7-6-14(10-16(17)25-8-9-29-20(25)27)22-18-24-26-11-15(23-19(26)30-18)12-2-4-13(21)5-3-12/h2-7,10-11H,8-9H2,1H3,(H,22,24). The molecule has 10 heteroatoms. The predicted octanol–water partition coefficient (Wildman–Crippen LogP) is 4.82.